The van der Waals surface area contributed by atoms with Crippen molar-refractivity contribution in [3.8, 4) is 0 Å². The van der Waals surface area contributed by atoms with Crippen molar-refractivity contribution in [1.82, 2.24) is 0 Å². The lowest BCUT2D eigenvalue weighted by Crippen LogP contribution is -2.30. The monoisotopic (exact) mass is 353 g/mol. The molecule has 3 nitrogen and oxygen atoms in total. The average molecular weight is 355 g/mol. The van der Waals surface area contributed by atoms with Crippen LogP contribution in [-0.2, 0) is 9.53 Å². The first kappa shape index (κ1) is 15.6. The van der Waals surface area contributed by atoms with E-state index in [1.54, 1.807) is 19.1 Å². The standard InChI is InChI=1S/C12H14BrCl2NO2/c1-3-8(12(17)18-4-2)16-9-6-5-7(13)10(14)11(9)15/h5-6,8,16H,3-4H2,1-2H3. The second-order valence-electron chi connectivity index (χ2n) is 3.58. The molecule has 0 saturated heterocycles. The zero-order chi connectivity index (χ0) is 13.7. The van der Waals surface area contributed by atoms with Crippen molar-refractivity contribution < 1.29 is 9.53 Å². The fourth-order valence-electron chi connectivity index (χ4n) is 1.40. The molecule has 0 aliphatic heterocycles. The molecule has 0 heterocycles. The lowest BCUT2D eigenvalue weighted by Gasteiger charge is -2.18. The van der Waals surface area contributed by atoms with Gasteiger partial charge in [-0.2, -0.15) is 0 Å². The van der Waals surface area contributed by atoms with Crippen LogP contribution in [0.1, 0.15) is 20.3 Å². The maximum atomic E-state index is 11.7. The van der Waals surface area contributed by atoms with Gasteiger partial charge in [0, 0.05) is 4.47 Å². The summed E-state index contributed by atoms with van der Waals surface area (Å²) in [5.41, 5.74) is 0.616. The van der Waals surface area contributed by atoms with Crippen LogP contribution >= 0.6 is 39.1 Å². The molecule has 1 aromatic carbocycles. The minimum absolute atomic E-state index is 0.296. The van der Waals surface area contributed by atoms with Crippen molar-refractivity contribution in [3.63, 3.8) is 0 Å². The van der Waals surface area contributed by atoms with Gasteiger partial charge in [-0.3, -0.25) is 0 Å². The second kappa shape index (κ2) is 7.22. The van der Waals surface area contributed by atoms with E-state index >= 15 is 0 Å². The molecule has 0 radical (unpaired) electrons. The smallest absolute Gasteiger partial charge is 0.328 e. The normalized spacial score (nSPS) is 12.1. The van der Waals surface area contributed by atoms with Crippen molar-refractivity contribution in [2.24, 2.45) is 0 Å². The van der Waals surface area contributed by atoms with E-state index in [9.17, 15) is 4.79 Å². The molecule has 0 saturated carbocycles. The molecule has 0 aliphatic carbocycles. The highest BCUT2D eigenvalue weighted by Crippen LogP contribution is 2.36. The first-order chi connectivity index (χ1) is 8.51. The Morgan fingerprint density at radius 1 is 1.39 bits per heavy atom. The summed E-state index contributed by atoms with van der Waals surface area (Å²) in [7, 11) is 0. The molecule has 0 spiro atoms. The molecule has 0 aromatic heterocycles. The van der Waals surface area contributed by atoms with E-state index in [2.05, 4.69) is 21.2 Å². The molecule has 1 aromatic rings. The summed E-state index contributed by atoms with van der Waals surface area (Å²) in [5.74, 6) is -0.296. The number of halogens is 3. The molecular formula is C12H14BrCl2NO2. The van der Waals surface area contributed by atoms with E-state index < -0.39 is 6.04 Å². The Labute approximate surface area is 125 Å². The molecule has 0 aliphatic rings. The predicted molar refractivity (Wildman–Crippen MR) is 78.5 cm³/mol. The molecule has 1 unspecified atom stereocenters. The molecule has 0 bridgehead atoms. The molecular weight excluding hydrogens is 341 g/mol. The quantitative estimate of drug-likeness (QED) is 0.624. The van der Waals surface area contributed by atoms with Crippen LogP contribution in [0.5, 0.6) is 0 Å². The van der Waals surface area contributed by atoms with E-state index in [0.29, 0.717) is 33.2 Å². The topological polar surface area (TPSA) is 38.3 Å². The van der Waals surface area contributed by atoms with Crippen LogP contribution in [-0.4, -0.2) is 18.6 Å². The third kappa shape index (κ3) is 3.77. The lowest BCUT2D eigenvalue weighted by molar-refractivity contribution is -0.144. The maximum Gasteiger partial charge on any atom is 0.328 e. The van der Waals surface area contributed by atoms with Gasteiger partial charge < -0.3 is 10.1 Å². The third-order valence-corrected chi connectivity index (χ3v) is 4.12. The third-order valence-electron chi connectivity index (χ3n) is 2.34. The summed E-state index contributed by atoms with van der Waals surface area (Å²) >= 11 is 15.4. The molecule has 1 atom stereocenters. The Bertz CT molecular complexity index is 440. The number of carbonyl (C=O) groups excluding carboxylic acids is 1. The summed E-state index contributed by atoms with van der Waals surface area (Å²) in [5, 5.41) is 3.84. The fourth-order valence-corrected chi connectivity index (χ4v) is 2.22. The Hall–Kier alpha value is -0.450. The van der Waals surface area contributed by atoms with Gasteiger partial charge in [-0.1, -0.05) is 30.1 Å². The van der Waals surface area contributed by atoms with Gasteiger partial charge in [0.25, 0.3) is 0 Å². The van der Waals surface area contributed by atoms with Gasteiger partial charge in [-0.15, -0.1) is 0 Å². The summed E-state index contributed by atoms with van der Waals surface area (Å²) in [6, 6.07) is 3.11. The molecule has 100 valence electrons. The second-order valence-corrected chi connectivity index (χ2v) is 5.19. The van der Waals surface area contributed by atoms with E-state index in [1.807, 2.05) is 6.92 Å². The Morgan fingerprint density at radius 3 is 2.61 bits per heavy atom. The average Bonchev–Trinajstić information content (AvgIpc) is 2.35. The zero-order valence-corrected chi connectivity index (χ0v) is 13.2. The summed E-state index contributed by atoms with van der Waals surface area (Å²) in [6.07, 6.45) is 0.600. The van der Waals surface area contributed by atoms with Crippen molar-refractivity contribution in [2.75, 3.05) is 11.9 Å². The highest BCUT2D eigenvalue weighted by Gasteiger charge is 2.19. The van der Waals surface area contributed by atoms with Gasteiger partial charge >= 0.3 is 5.97 Å². The Kier molecular flexibility index (Phi) is 6.26. The minimum atomic E-state index is -0.431. The number of ether oxygens (including phenoxy) is 1. The van der Waals surface area contributed by atoms with Crippen molar-refractivity contribution in [2.45, 2.75) is 26.3 Å². The van der Waals surface area contributed by atoms with E-state index in [-0.39, 0.29) is 5.97 Å². The molecule has 1 rings (SSSR count). The number of rotatable bonds is 5. The number of hydrogen-bond donors (Lipinski definition) is 1. The van der Waals surface area contributed by atoms with Crippen molar-refractivity contribution >= 4 is 50.8 Å². The fraction of sp³-hybridized carbons (Fsp3) is 0.417. The van der Waals surface area contributed by atoms with Gasteiger partial charge in [0.15, 0.2) is 0 Å². The first-order valence-electron chi connectivity index (χ1n) is 5.57. The van der Waals surface area contributed by atoms with Crippen molar-refractivity contribution in [1.29, 1.82) is 0 Å². The number of hydrogen-bond acceptors (Lipinski definition) is 3. The zero-order valence-electron chi connectivity index (χ0n) is 10.1. The Balaban J connectivity index is 2.89. The first-order valence-corrected chi connectivity index (χ1v) is 7.12. The number of carbonyl (C=O) groups is 1. The van der Waals surface area contributed by atoms with Crippen LogP contribution in [0.2, 0.25) is 10.0 Å². The summed E-state index contributed by atoms with van der Waals surface area (Å²) < 4.78 is 5.69. The molecule has 18 heavy (non-hydrogen) atoms. The van der Waals surface area contributed by atoms with Crippen LogP contribution in [0.3, 0.4) is 0 Å². The maximum absolute atomic E-state index is 11.7. The number of anilines is 1. The lowest BCUT2D eigenvalue weighted by atomic mass is 10.2. The van der Waals surface area contributed by atoms with Crippen molar-refractivity contribution in [3.05, 3.63) is 26.7 Å². The number of benzene rings is 1. The highest BCUT2D eigenvalue weighted by atomic mass is 79.9. The van der Waals surface area contributed by atoms with Gasteiger partial charge in [-0.05, 0) is 41.4 Å². The molecule has 0 amide bonds. The summed E-state index contributed by atoms with van der Waals surface area (Å²) in [4.78, 5) is 11.7. The van der Waals surface area contributed by atoms with Crippen LogP contribution in [0.15, 0.2) is 16.6 Å². The van der Waals surface area contributed by atoms with Crippen LogP contribution in [0, 0.1) is 0 Å². The number of esters is 1. The van der Waals surface area contributed by atoms with Crippen LogP contribution in [0.25, 0.3) is 0 Å². The molecule has 6 heteroatoms. The SMILES string of the molecule is CCOC(=O)C(CC)Nc1ccc(Br)c(Cl)c1Cl. The van der Waals surface area contributed by atoms with Gasteiger partial charge in [0.2, 0.25) is 0 Å². The van der Waals surface area contributed by atoms with E-state index in [1.165, 1.54) is 0 Å². The minimum Gasteiger partial charge on any atom is -0.464 e. The van der Waals surface area contributed by atoms with Gasteiger partial charge in [0.1, 0.15) is 6.04 Å². The predicted octanol–water partition coefficient (Wildman–Crippen LogP) is 4.51. The van der Waals surface area contributed by atoms with Gasteiger partial charge in [0.05, 0.1) is 22.3 Å². The highest BCUT2D eigenvalue weighted by molar-refractivity contribution is 9.10. The number of nitrogens with one attached hydrogen (secondary N) is 1. The van der Waals surface area contributed by atoms with E-state index in [0.717, 1.165) is 0 Å². The van der Waals surface area contributed by atoms with Crippen LogP contribution < -0.4 is 5.32 Å². The van der Waals surface area contributed by atoms with Gasteiger partial charge in [-0.25, -0.2) is 4.79 Å². The molecule has 1 N–H and O–H groups in total. The Morgan fingerprint density at radius 2 is 2.06 bits per heavy atom. The largest absolute Gasteiger partial charge is 0.464 e. The van der Waals surface area contributed by atoms with E-state index in [4.69, 9.17) is 27.9 Å². The summed E-state index contributed by atoms with van der Waals surface area (Å²) in [6.45, 7) is 4.02. The molecule has 0 fully saturated rings. The van der Waals surface area contributed by atoms with Crippen LogP contribution in [0.4, 0.5) is 5.69 Å².